The average molecular weight is 578 g/mol. The van der Waals surface area contributed by atoms with E-state index < -0.39 is 0 Å². The highest BCUT2D eigenvalue weighted by Crippen LogP contribution is 2.44. The Morgan fingerprint density at radius 3 is 2.07 bits per heavy atom. The lowest BCUT2D eigenvalue weighted by atomic mass is 10.0. The lowest BCUT2D eigenvalue weighted by molar-refractivity contribution is 0.623. The Hall–Kier alpha value is -6.13. The molecule has 0 aliphatic rings. The Kier molecular flexibility index (Phi) is 5.78. The quantitative estimate of drug-likeness (QED) is 0.204. The van der Waals surface area contributed by atoms with E-state index in [9.17, 15) is 0 Å². The van der Waals surface area contributed by atoms with Crippen LogP contribution in [0.25, 0.3) is 60.8 Å². The number of nitrogens with zero attached hydrogens (tertiary/aromatic N) is 3. The third-order valence-electron chi connectivity index (χ3n) is 8.58. The maximum Gasteiger partial charge on any atom is 0.227 e. The van der Waals surface area contributed by atoms with Gasteiger partial charge in [0.1, 0.15) is 5.52 Å². The minimum absolute atomic E-state index is 0.618. The van der Waals surface area contributed by atoms with Crippen molar-refractivity contribution < 1.29 is 4.42 Å². The number of benzene rings is 7. The molecule has 9 rings (SSSR count). The van der Waals surface area contributed by atoms with Crippen molar-refractivity contribution >= 4 is 60.7 Å². The molecule has 7 aromatic carbocycles. The monoisotopic (exact) mass is 577 g/mol. The van der Waals surface area contributed by atoms with Crippen LogP contribution in [0.15, 0.2) is 168 Å². The summed E-state index contributed by atoms with van der Waals surface area (Å²) in [6.07, 6.45) is 0. The van der Waals surface area contributed by atoms with Crippen LogP contribution in [0.1, 0.15) is 0 Å². The summed E-state index contributed by atoms with van der Waals surface area (Å²) in [6.45, 7) is 0. The standard InChI is InChI=1S/C41H27N3O/c1-4-13-29(14-5-1)41-42-35-26-23-28-15-12-22-37(39(28)40(35)45-41)43(30-16-6-2-7-17-30)32-24-25-34-33-20-10-11-21-36(33)44(38(34)27-32)31-18-8-3-9-19-31/h1-27H. The molecule has 0 fully saturated rings. The zero-order valence-corrected chi connectivity index (χ0v) is 24.3. The van der Waals surface area contributed by atoms with Crippen molar-refractivity contribution in [1.29, 1.82) is 0 Å². The Labute approximate surface area is 260 Å². The van der Waals surface area contributed by atoms with Crippen LogP contribution < -0.4 is 4.90 Å². The highest BCUT2D eigenvalue weighted by Gasteiger charge is 2.21. The lowest BCUT2D eigenvalue weighted by Gasteiger charge is -2.27. The third kappa shape index (κ3) is 4.11. The van der Waals surface area contributed by atoms with Gasteiger partial charge < -0.3 is 13.9 Å². The Morgan fingerprint density at radius 1 is 0.533 bits per heavy atom. The number of oxazole rings is 1. The number of hydrogen-bond donors (Lipinski definition) is 0. The second-order valence-corrected chi connectivity index (χ2v) is 11.2. The summed E-state index contributed by atoms with van der Waals surface area (Å²) in [5.41, 5.74) is 9.19. The molecule has 0 bridgehead atoms. The van der Waals surface area contributed by atoms with Crippen molar-refractivity contribution in [3.05, 3.63) is 164 Å². The zero-order chi connectivity index (χ0) is 29.7. The number of aromatic nitrogens is 2. The van der Waals surface area contributed by atoms with E-state index in [1.165, 1.54) is 16.3 Å². The number of fused-ring (bicyclic) bond motifs is 6. The predicted octanol–water partition coefficient (Wildman–Crippen LogP) is 11.2. The molecule has 0 spiro atoms. The molecule has 0 N–H and O–H groups in total. The molecular weight excluding hydrogens is 550 g/mol. The van der Waals surface area contributed by atoms with Crippen LogP contribution in [0, 0.1) is 0 Å². The minimum Gasteiger partial charge on any atom is -0.435 e. The minimum atomic E-state index is 0.618. The summed E-state index contributed by atoms with van der Waals surface area (Å²) >= 11 is 0. The fourth-order valence-corrected chi connectivity index (χ4v) is 6.58. The maximum atomic E-state index is 6.58. The van der Waals surface area contributed by atoms with Crippen molar-refractivity contribution in [1.82, 2.24) is 9.55 Å². The molecule has 0 aliphatic heterocycles. The van der Waals surface area contributed by atoms with Crippen LogP contribution in [-0.4, -0.2) is 9.55 Å². The average Bonchev–Trinajstić information content (AvgIpc) is 3.69. The molecule has 2 aromatic heterocycles. The van der Waals surface area contributed by atoms with Gasteiger partial charge in [-0.25, -0.2) is 4.98 Å². The normalized spacial score (nSPS) is 11.6. The van der Waals surface area contributed by atoms with Crippen LogP contribution >= 0.6 is 0 Å². The second kappa shape index (κ2) is 10.2. The van der Waals surface area contributed by atoms with E-state index in [0.29, 0.717) is 5.89 Å². The van der Waals surface area contributed by atoms with E-state index in [-0.39, 0.29) is 0 Å². The van der Waals surface area contributed by atoms with Gasteiger partial charge in [-0.2, -0.15) is 0 Å². The van der Waals surface area contributed by atoms with Crippen molar-refractivity contribution in [2.45, 2.75) is 0 Å². The van der Waals surface area contributed by atoms with E-state index >= 15 is 0 Å². The summed E-state index contributed by atoms with van der Waals surface area (Å²) in [7, 11) is 0. The van der Waals surface area contributed by atoms with Gasteiger partial charge in [0.2, 0.25) is 5.89 Å². The topological polar surface area (TPSA) is 34.2 Å². The molecule has 0 saturated carbocycles. The Balaban J connectivity index is 1.33. The summed E-state index contributed by atoms with van der Waals surface area (Å²) in [4.78, 5) is 7.23. The molecule has 2 heterocycles. The van der Waals surface area contributed by atoms with Gasteiger partial charge in [-0.1, -0.05) is 97.1 Å². The molecule has 4 nitrogen and oxygen atoms in total. The van der Waals surface area contributed by atoms with Crippen LogP contribution in [-0.2, 0) is 0 Å². The van der Waals surface area contributed by atoms with Crippen molar-refractivity contribution in [3.8, 4) is 17.1 Å². The lowest BCUT2D eigenvalue weighted by Crippen LogP contribution is -2.10. The van der Waals surface area contributed by atoms with Gasteiger partial charge in [0, 0.05) is 33.4 Å². The number of rotatable bonds is 5. The van der Waals surface area contributed by atoms with Crippen LogP contribution in [0.3, 0.4) is 0 Å². The molecule has 0 radical (unpaired) electrons. The summed E-state index contributed by atoms with van der Waals surface area (Å²) in [5.74, 6) is 0.618. The van der Waals surface area contributed by atoms with Crippen molar-refractivity contribution in [2.75, 3.05) is 4.90 Å². The molecular formula is C41H27N3O. The van der Waals surface area contributed by atoms with Crippen molar-refractivity contribution in [2.24, 2.45) is 0 Å². The summed E-state index contributed by atoms with van der Waals surface area (Å²) < 4.78 is 8.94. The van der Waals surface area contributed by atoms with Crippen molar-refractivity contribution in [3.63, 3.8) is 0 Å². The van der Waals surface area contributed by atoms with Crippen LogP contribution in [0.2, 0.25) is 0 Å². The van der Waals surface area contributed by atoms with Crippen LogP contribution in [0.5, 0.6) is 0 Å². The molecule has 0 unspecified atom stereocenters. The van der Waals surface area contributed by atoms with Gasteiger partial charge >= 0.3 is 0 Å². The highest BCUT2D eigenvalue weighted by molar-refractivity contribution is 6.14. The fraction of sp³-hybridized carbons (Fsp3) is 0. The molecule has 212 valence electrons. The van der Waals surface area contributed by atoms with E-state index in [1.807, 2.05) is 30.3 Å². The molecule has 45 heavy (non-hydrogen) atoms. The molecule has 0 amide bonds. The van der Waals surface area contributed by atoms with E-state index in [1.54, 1.807) is 0 Å². The number of anilines is 3. The molecule has 0 aliphatic carbocycles. The second-order valence-electron chi connectivity index (χ2n) is 11.2. The molecule has 4 heteroatoms. The third-order valence-corrected chi connectivity index (χ3v) is 8.58. The van der Waals surface area contributed by atoms with E-state index in [4.69, 9.17) is 9.40 Å². The first kappa shape index (κ1) is 25.4. The molecule has 0 saturated heterocycles. The highest BCUT2D eigenvalue weighted by atomic mass is 16.3. The number of hydrogen-bond acceptors (Lipinski definition) is 3. The van der Waals surface area contributed by atoms with E-state index in [2.05, 4.69) is 143 Å². The SMILES string of the molecule is c1ccc(-c2nc3ccc4cccc(N(c5ccccc5)c5ccc6c7ccccc7n(-c7ccccc7)c6c5)c4c3o2)cc1. The first-order valence-corrected chi connectivity index (χ1v) is 15.1. The first-order chi connectivity index (χ1) is 22.3. The molecule has 0 atom stereocenters. The fourth-order valence-electron chi connectivity index (χ4n) is 6.58. The number of para-hydroxylation sites is 3. The van der Waals surface area contributed by atoms with Gasteiger partial charge in [0.15, 0.2) is 5.58 Å². The Morgan fingerprint density at radius 2 is 1.24 bits per heavy atom. The van der Waals surface area contributed by atoms with E-state index in [0.717, 1.165) is 55.7 Å². The van der Waals surface area contributed by atoms with Gasteiger partial charge in [-0.3, -0.25) is 0 Å². The summed E-state index contributed by atoms with van der Waals surface area (Å²) in [5, 5.41) is 4.57. The van der Waals surface area contributed by atoms with Gasteiger partial charge in [-0.15, -0.1) is 0 Å². The molecule has 9 aromatic rings. The maximum absolute atomic E-state index is 6.58. The smallest absolute Gasteiger partial charge is 0.227 e. The van der Waals surface area contributed by atoms with Crippen LogP contribution in [0.4, 0.5) is 17.1 Å². The van der Waals surface area contributed by atoms with Gasteiger partial charge in [0.05, 0.1) is 22.1 Å². The Bertz CT molecular complexity index is 2480. The summed E-state index contributed by atoms with van der Waals surface area (Å²) in [6, 6.07) is 57.3. The van der Waals surface area contributed by atoms with Gasteiger partial charge in [0.25, 0.3) is 0 Å². The largest absolute Gasteiger partial charge is 0.435 e. The van der Waals surface area contributed by atoms with Gasteiger partial charge in [-0.05, 0) is 72.1 Å². The predicted molar refractivity (Wildman–Crippen MR) is 186 cm³/mol. The zero-order valence-electron chi connectivity index (χ0n) is 24.3. The first-order valence-electron chi connectivity index (χ1n) is 15.1.